The van der Waals surface area contributed by atoms with Gasteiger partial charge in [-0.3, -0.25) is 14.6 Å². The Labute approximate surface area is 287 Å². The molecule has 264 valence electrons. The SMILES string of the molecule is CCOc1nc(OC)c(CN2C[C@H]3CN(C(=O)c4c[n+]([O-])ccn4)CCN3[C@H](C(c3ccccc3)c3ccccc3)C2)c(OCC(F)(F)F)n1. The third-order valence-electron chi connectivity index (χ3n) is 8.89. The summed E-state index contributed by atoms with van der Waals surface area (Å²) in [4.78, 5) is 32.4. The van der Waals surface area contributed by atoms with Crippen LogP contribution in [0, 0.1) is 5.21 Å². The van der Waals surface area contributed by atoms with E-state index in [1.54, 1.807) is 11.8 Å². The standard InChI is InChI=1S/C35H38F3N7O5/c1-3-49-34-40-31(48-2)27(32(41-34)50-23-35(36,37)38)20-42-18-26-19-43(33(46)28-21-44(47)15-14-39-28)16-17-45(26)29(22-42)30(24-10-6-4-7-11-24)25-12-8-5-9-13-25/h4-15,21,26,29-30H,3,16-20,22-23H2,1-2H3/t26-,29-/m0/s1. The molecular formula is C35H38F3N7O5. The third-order valence-corrected chi connectivity index (χ3v) is 8.89. The number of piperazine rings is 2. The Morgan fingerprint density at radius 1 is 0.980 bits per heavy atom. The Morgan fingerprint density at radius 3 is 2.28 bits per heavy atom. The lowest BCUT2D eigenvalue weighted by atomic mass is 9.81. The van der Waals surface area contributed by atoms with E-state index in [9.17, 15) is 23.2 Å². The first-order valence-corrected chi connectivity index (χ1v) is 16.3. The molecule has 15 heteroatoms. The Bertz CT molecular complexity index is 1710. The van der Waals surface area contributed by atoms with Crippen molar-refractivity contribution < 1.29 is 36.9 Å². The van der Waals surface area contributed by atoms with Crippen LogP contribution in [0.2, 0.25) is 0 Å². The van der Waals surface area contributed by atoms with Gasteiger partial charge >= 0.3 is 12.2 Å². The molecule has 0 bridgehead atoms. The van der Waals surface area contributed by atoms with Gasteiger partial charge in [0.15, 0.2) is 18.5 Å². The molecule has 2 saturated heterocycles. The van der Waals surface area contributed by atoms with Crippen LogP contribution in [0.25, 0.3) is 0 Å². The predicted octanol–water partition coefficient (Wildman–Crippen LogP) is 3.70. The van der Waals surface area contributed by atoms with Crippen molar-refractivity contribution in [2.24, 2.45) is 0 Å². The lowest BCUT2D eigenvalue weighted by Gasteiger charge is -2.53. The number of halogens is 3. The molecule has 2 aromatic heterocycles. The first kappa shape index (κ1) is 34.8. The number of hydrogen-bond donors (Lipinski definition) is 0. The van der Waals surface area contributed by atoms with E-state index in [2.05, 4.69) is 49.0 Å². The fourth-order valence-corrected chi connectivity index (χ4v) is 6.84. The first-order valence-electron chi connectivity index (χ1n) is 16.3. The van der Waals surface area contributed by atoms with Crippen molar-refractivity contribution in [1.29, 1.82) is 0 Å². The fraction of sp³-hybridized carbons (Fsp3) is 0.400. The van der Waals surface area contributed by atoms with Crippen LogP contribution in [0.15, 0.2) is 79.3 Å². The van der Waals surface area contributed by atoms with E-state index in [1.165, 1.54) is 19.5 Å². The zero-order chi connectivity index (χ0) is 35.3. The van der Waals surface area contributed by atoms with E-state index in [4.69, 9.17) is 14.2 Å². The first-order chi connectivity index (χ1) is 24.1. The summed E-state index contributed by atoms with van der Waals surface area (Å²) in [6.45, 7) is 2.74. The number of aromatic nitrogens is 4. The Kier molecular flexibility index (Phi) is 10.6. The summed E-state index contributed by atoms with van der Waals surface area (Å²) in [5.41, 5.74) is 2.51. The van der Waals surface area contributed by atoms with Crippen molar-refractivity contribution in [3.8, 4) is 17.8 Å². The van der Waals surface area contributed by atoms with Crippen LogP contribution < -0.4 is 18.9 Å². The van der Waals surface area contributed by atoms with Gasteiger partial charge in [0, 0.05) is 57.3 Å². The molecule has 0 saturated carbocycles. The lowest BCUT2D eigenvalue weighted by Crippen LogP contribution is -2.67. The molecule has 2 aromatic carbocycles. The van der Waals surface area contributed by atoms with Gasteiger partial charge in [0.05, 0.1) is 25.5 Å². The van der Waals surface area contributed by atoms with Crippen molar-refractivity contribution in [3.63, 3.8) is 0 Å². The molecule has 4 heterocycles. The van der Waals surface area contributed by atoms with Crippen LogP contribution in [-0.2, 0) is 6.54 Å². The van der Waals surface area contributed by atoms with Crippen molar-refractivity contribution in [1.82, 2.24) is 29.7 Å². The summed E-state index contributed by atoms with van der Waals surface area (Å²) < 4.78 is 56.8. The smallest absolute Gasteiger partial charge is 0.422 e. The van der Waals surface area contributed by atoms with Crippen molar-refractivity contribution in [2.75, 3.05) is 53.0 Å². The maximum atomic E-state index is 13.5. The summed E-state index contributed by atoms with van der Waals surface area (Å²) in [6, 6.07) is 19.9. The zero-order valence-corrected chi connectivity index (χ0v) is 27.7. The molecule has 1 amide bonds. The Balaban J connectivity index is 1.38. The summed E-state index contributed by atoms with van der Waals surface area (Å²) in [5, 5.41) is 11.9. The molecular weight excluding hydrogens is 655 g/mol. The van der Waals surface area contributed by atoms with Crippen molar-refractivity contribution >= 4 is 5.91 Å². The molecule has 6 rings (SSSR count). The second-order valence-corrected chi connectivity index (χ2v) is 12.1. The minimum atomic E-state index is -4.60. The van der Waals surface area contributed by atoms with Gasteiger partial charge in [-0.15, -0.1) is 0 Å². The molecule has 2 aliphatic rings. The Morgan fingerprint density at radius 2 is 1.66 bits per heavy atom. The Hall–Kier alpha value is -5.02. The average molecular weight is 694 g/mol. The van der Waals surface area contributed by atoms with E-state index < -0.39 is 12.8 Å². The van der Waals surface area contributed by atoms with Gasteiger partial charge in [-0.1, -0.05) is 60.7 Å². The van der Waals surface area contributed by atoms with Gasteiger partial charge < -0.3 is 24.3 Å². The minimum absolute atomic E-state index is 0.0452. The average Bonchev–Trinajstić information content (AvgIpc) is 3.11. The summed E-state index contributed by atoms with van der Waals surface area (Å²) in [7, 11) is 1.38. The van der Waals surface area contributed by atoms with E-state index in [0.29, 0.717) is 37.5 Å². The normalized spacial score (nSPS) is 18.5. The molecule has 0 unspecified atom stereocenters. The number of amides is 1. The van der Waals surface area contributed by atoms with E-state index >= 15 is 0 Å². The number of ether oxygens (including phenoxy) is 3. The lowest BCUT2D eigenvalue weighted by molar-refractivity contribution is -0.606. The van der Waals surface area contributed by atoms with Crippen molar-refractivity contribution in [3.05, 3.63) is 107 Å². The largest absolute Gasteiger partial charge is 0.619 e. The summed E-state index contributed by atoms with van der Waals surface area (Å²) in [6.07, 6.45) is -0.930. The highest BCUT2D eigenvalue weighted by atomic mass is 19.4. The quantitative estimate of drug-likeness (QED) is 0.170. The number of hydrogen-bond acceptors (Lipinski definition) is 10. The number of rotatable bonds is 11. The highest BCUT2D eigenvalue weighted by Crippen LogP contribution is 2.38. The van der Waals surface area contributed by atoms with E-state index in [-0.39, 0.29) is 66.1 Å². The number of methoxy groups -OCH3 is 1. The van der Waals surface area contributed by atoms with E-state index in [0.717, 1.165) is 17.3 Å². The topological polar surface area (TPSA) is 120 Å². The van der Waals surface area contributed by atoms with Gasteiger partial charge in [0.25, 0.3) is 5.91 Å². The molecule has 0 N–H and O–H groups in total. The molecule has 2 atom stereocenters. The minimum Gasteiger partial charge on any atom is -0.619 e. The van der Waals surface area contributed by atoms with Gasteiger partial charge in [-0.05, 0) is 18.1 Å². The van der Waals surface area contributed by atoms with Gasteiger partial charge in [0.2, 0.25) is 18.0 Å². The maximum Gasteiger partial charge on any atom is 0.422 e. The molecule has 50 heavy (non-hydrogen) atoms. The molecule has 4 aromatic rings. The van der Waals surface area contributed by atoms with E-state index in [1.807, 2.05) is 36.4 Å². The van der Waals surface area contributed by atoms with Crippen molar-refractivity contribution in [2.45, 2.75) is 37.6 Å². The number of carbonyl (C=O) groups is 1. The molecule has 0 spiro atoms. The molecule has 2 aliphatic heterocycles. The molecule has 2 fully saturated rings. The third kappa shape index (κ3) is 8.05. The summed E-state index contributed by atoms with van der Waals surface area (Å²) >= 11 is 0. The van der Waals surface area contributed by atoms with Crippen LogP contribution in [-0.4, -0.2) is 107 Å². The maximum absolute atomic E-state index is 13.5. The fourth-order valence-electron chi connectivity index (χ4n) is 6.84. The molecule has 12 nitrogen and oxygen atoms in total. The van der Waals surface area contributed by atoms with Crippen LogP contribution in [0.3, 0.4) is 0 Å². The van der Waals surface area contributed by atoms with Gasteiger partial charge in [0.1, 0.15) is 0 Å². The van der Waals surface area contributed by atoms with Gasteiger partial charge in [-0.2, -0.15) is 27.9 Å². The van der Waals surface area contributed by atoms with Gasteiger partial charge in [-0.25, -0.2) is 4.98 Å². The molecule has 0 aliphatic carbocycles. The predicted molar refractivity (Wildman–Crippen MR) is 175 cm³/mol. The highest BCUT2D eigenvalue weighted by molar-refractivity contribution is 5.91. The zero-order valence-electron chi connectivity index (χ0n) is 27.7. The van der Waals surface area contributed by atoms with Crippen LogP contribution in [0.4, 0.5) is 13.2 Å². The number of fused-ring (bicyclic) bond motifs is 1. The monoisotopic (exact) mass is 693 g/mol. The summed E-state index contributed by atoms with van der Waals surface area (Å²) in [5.74, 6) is -0.667. The number of nitrogens with zero attached hydrogens (tertiary/aromatic N) is 7. The second-order valence-electron chi connectivity index (χ2n) is 12.1. The number of alkyl halides is 3. The molecule has 0 radical (unpaired) electrons. The van der Waals surface area contributed by atoms with Crippen LogP contribution >= 0.6 is 0 Å². The second kappa shape index (κ2) is 15.3. The van der Waals surface area contributed by atoms with Crippen LogP contribution in [0.5, 0.6) is 17.8 Å². The highest BCUT2D eigenvalue weighted by Gasteiger charge is 2.44. The number of carbonyl (C=O) groups excluding carboxylic acids is 1. The van der Waals surface area contributed by atoms with Crippen LogP contribution in [0.1, 0.15) is 40.0 Å². The number of benzene rings is 2.